The first-order chi connectivity index (χ1) is 30.0. The Morgan fingerprint density at radius 2 is 1.87 bits per heavy atom. The Morgan fingerprint density at radius 1 is 1.10 bits per heavy atom. The lowest BCUT2D eigenvalue weighted by molar-refractivity contribution is -0.155. The number of likely N-dealkylation sites (N-methyl/N-ethyl adjacent to an activating group) is 1. The van der Waals surface area contributed by atoms with Gasteiger partial charge in [-0.2, -0.15) is 0 Å². The minimum atomic E-state index is -1.11. The first-order valence-electron chi connectivity index (χ1n) is 22.5. The number of aromatic hydroxyl groups is 1. The minimum Gasteiger partial charge on any atom is -0.508 e. The van der Waals surface area contributed by atoms with Gasteiger partial charge in [-0.05, 0) is 110 Å². The molecule has 0 saturated carbocycles. The number of phenolic OH excluding ortho intramolecular Hbond substituents is 1. The molecule has 6 bridgehead atoms. The van der Waals surface area contributed by atoms with Gasteiger partial charge < -0.3 is 34.7 Å². The molecule has 3 aliphatic heterocycles. The normalized spacial score (nSPS) is 22.7. The van der Waals surface area contributed by atoms with Crippen LogP contribution in [0, 0.1) is 23.2 Å². The number of hydrogen-bond donors (Lipinski definition) is 4. The summed E-state index contributed by atoms with van der Waals surface area (Å²) in [6.07, 6.45) is 3.10. The summed E-state index contributed by atoms with van der Waals surface area (Å²) in [6.45, 7) is 16.5. The van der Waals surface area contributed by atoms with Crippen molar-refractivity contribution in [1.82, 2.24) is 35.5 Å². The Bertz CT molecular complexity index is 2360. The Balaban J connectivity index is 1.34. The number of nitrogens with zero attached hydrogens (tertiary/aromatic N) is 4. The number of aryl methyl sites for hydroxylation is 1. The first kappa shape index (κ1) is 45.7. The molecule has 338 valence electrons. The van der Waals surface area contributed by atoms with Crippen LogP contribution in [0.15, 0.2) is 54.7 Å². The molecule has 6 atom stereocenters. The molecule has 14 nitrogen and oxygen atoms in total. The molecule has 63 heavy (non-hydrogen) atoms. The van der Waals surface area contributed by atoms with Gasteiger partial charge in [-0.3, -0.25) is 29.2 Å². The van der Waals surface area contributed by atoms with Gasteiger partial charge in [0.1, 0.15) is 23.9 Å². The second-order valence-electron chi connectivity index (χ2n) is 18.9. The maximum Gasteiger partial charge on any atom is 0.324 e. The van der Waals surface area contributed by atoms with Crippen LogP contribution in [0.4, 0.5) is 0 Å². The number of phenols is 1. The molecule has 2 fully saturated rings. The number of carbonyl (C=O) groups is 4. The number of carbonyl (C=O) groups excluding carboxylic acids is 4. The number of hydrogen-bond acceptors (Lipinski definition) is 10. The van der Waals surface area contributed by atoms with Gasteiger partial charge in [0.2, 0.25) is 11.8 Å². The molecule has 3 amide bonds. The third-order valence-corrected chi connectivity index (χ3v) is 13.2. The fourth-order valence-corrected chi connectivity index (χ4v) is 9.79. The summed E-state index contributed by atoms with van der Waals surface area (Å²) in [5, 5.41) is 20.0. The van der Waals surface area contributed by atoms with Crippen molar-refractivity contribution in [1.29, 1.82) is 0 Å². The third kappa shape index (κ3) is 9.49. The summed E-state index contributed by atoms with van der Waals surface area (Å²) in [6, 6.07) is 12.8. The molecule has 2 saturated heterocycles. The molecule has 4 N–H and O–H groups in total. The van der Waals surface area contributed by atoms with Crippen molar-refractivity contribution in [3.63, 3.8) is 0 Å². The molecule has 7 rings (SSSR count). The second kappa shape index (κ2) is 18.8. The van der Waals surface area contributed by atoms with Crippen LogP contribution in [0.2, 0.25) is 0 Å². The van der Waals surface area contributed by atoms with E-state index in [1.807, 2.05) is 45.9 Å². The lowest BCUT2D eigenvalue weighted by atomic mass is 9.84. The van der Waals surface area contributed by atoms with Crippen LogP contribution in [-0.4, -0.2) is 107 Å². The summed E-state index contributed by atoms with van der Waals surface area (Å²) in [4.78, 5) is 63.1. The van der Waals surface area contributed by atoms with Crippen molar-refractivity contribution in [2.75, 3.05) is 40.4 Å². The molecule has 2 aromatic carbocycles. The maximum absolute atomic E-state index is 14.7. The van der Waals surface area contributed by atoms with Crippen LogP contribution in [0.25, 0.3) is 33.3 Å². The molecule has 5 heterocycles. The van der Waals surface area contributed by atoms with E-state index in [9.17, 15) is 24.3 Å². The molecular weight excluding hydrogens is 799 g/mol. The summed E-state index contributed by atoms with van der Waals surface area (Å²) in [7, 11) is 3.34. The zero-order valence-corrected chi connectivity index (χ0v) is 38.3. The molecule has 0 aliphatic carbocycles. The second-order valence-corrected chi connectivity index (χ2v) is 18.9. The van der Waals surface area contributed by atoms with E-state index in [2.05, 4.69) is 59.6 Å². The van der Waals surface area contributed by atoms with Gasteiger partial charge in [0, 0.05) is 68.3 Å². The zero-order chi connectivity index (χ0) is 45.3. The molecular formula is C49H65N7O7. The standard InChI is InChI=1S/C49H65N7O7/c1-10-55-41-16-15-32-23-36(41)37(44(55)35-13-11-17-51-42(35)30(5)62-9)24-49(6,7)27-63-48(61)39-14-12-18-56(53-39)47(60)40(21-31-19-33(32)22-34(57)20-31)52-45(58)43(28(2)3)54(8)46(59)38-26-50-25-29(38)4/h11,13,15-17,19-20,22-23,28-30,38-40,43,50,53,57H,10,12,14,18,21,24-27H2,1-9H3,(H,52,58)/t29-,30-,38+,39-,40-,43-/m0/s1. The monoisotopic (exact) mass is 863 g/mol. The maximum atomic E-state index is 14.7. The van der Waals surface area contributed by atoms with E-state index < -0.39 is 41.3 Å². The minimum absolute atomic E-state index is 0.0137. The Kier molecular flexibility index (Phi) is 13.6. The number of rotatable bonds is 9. The smallest absolute Gasteiger partial charge is 0.324 e. The quantitative estimate of drug-likeness (QED) is 0.151. The van der Waals surface area contributed by atoms with E-state index in [0.717, 1.165) is 51.1 Å². The van der Waals surface area contributed by atoms with E-state index in [-0.39, 0.29) is 48.5 Å². The Morgan fingerprint density at radius 3 is 2.57 bits per heavy atom. The number of cyclic esters (lactones) is 1. The molecule has 3 aliphatic rings. The summed E-state index contributed by atoms with van der Waals surface area (Å²) in [5.41, 5.74) is 9.72. The number of hydrazine groups is 1. The Hall–Kier alpha value is -5.31. The lowest BCUT2D eigenvalue weighted by Gasteiger charge is -2.37. The number of fused-ring (bicyclic) bond motifs is 6. The van der Waals surface area contributed by atoms with Crippen LogP contribution in [-0.2, 0) is 48.0 Å². The van der Waals surface area contributed by atoms with Crippen molar-refractivity contribution in [2.45, 2.75) is 105 Å². The summed E-state index contributed by atoms with van der Waals surface area (Å²) >= 11 is 0. The van der Waals surface area contributed by atoms with Crippen LogP contribution in [0.1, 0.15) is 84.2 Å². The predicted octanol–water partition coefficient (Wildman–Crippen LogP) is 5.79. The van der Waals surface area contributed by atoms with Crippen LogP contribution < -0.4 is 16.1 Å². The Labute approximate surface area is 371 Å². The number of benzene rings is 2. The van der Waals surface area contributed by atoms with Crippen LogP contribution >= 0.6 is 0 Å². The zero-order valence-electron chi connectivity index (χ0n) is 38.3. The largest absolute Gasteiger partial charge is 0.508 e. The van der Waals surface area contributed by atoms with E-state index in [0.29, 0.717) is 44.5 Å². The van der Waals surface area contributed by atoms with Gasteiger partial charge in [0.05, 0.1) is 30.0 Å². The summed E-state index contributed by atoms with van der Waals surface area (Å²) < 4.78 is 14.2. The summed E-state index contributed by atoms with van der Waals surface area (Å²) in [5.74, 6) is -1.87. The third-order valence-electron chi connectivity index (χ3n) is 13.2. The van der Waals surface area contributed by atoms with Gasteiger partial charge in [-0.25, -0.2) is 5.43 Å². The van der Waals surface area contributed by atoms with Crippen LogP contribution in [0.5, 0.6) is 5.75 Å². The predicted molar refractivity (Wildman–Crippen MR) is 242 cm³/mol. The highest BCUT2D eigenvalue weighted by molar-refractivity contribution is 5.96. The van der Waals surface area contributed by atoms with Gasteiger partial charge in [-0.1, -0.05) is 46.8 Å². The highest BCUT2D eigenvalue weighted by Gasteiger charge is 2.40. The average Bonchev–Trinajstić information content (AvgIpc) is 3.83. The topological polar surface area (TPSA) is 167 Å². The molecule has 0 unspecified atom stereocenters. The molecule has 0 radical (unpaired) electrons. The number of esters is 1. The fourth-order valence-electron chi connectivity index (χ4n) is 9.79. The van der Waals surface area contributed by atoms with Gasteiger partial charge in [0.15, 0.2) is 0 Å². The number of ether oxygens (including phenoxy) is 2. The number of pyridine rings is 1. The van der Waals surface area contributed by atoms with Gasteiger partial charge >= 0.3 is 5.97 Å². The SMILES string of the molecule is CCn1c(-c2cccnc2[C@H](C)OC)c2c3cc(ccc31)-c1cc(O)cc(c1)C[C@H](NC(=O)[C@H](C(C)C)N(C)C(=O)[C@@H]1CNC[C@@H]1C)C(=O)N1CCC[C@H](N1)C(=O)OCC(C)(C)C2. The van der Waals surface area contributed by atoms with E-state index in [1.54, 1.807) is 32.5 Å². The van der Waals surface area contributed by atoms with Gasteiger partial charge in [0.25, 0.3) is 5.91 Å². The molecule has 14 heteroatoms. The van der Waals surface area contributed by atoms with E-state index in [1.165, 1.54) is 9.91 Å². The highest BCUT2D eigenvalue weighted by Crippen LogP contribution is 2.42. The van der Waals surface area contributed by atoms with Crippen molar-refractivity contribution >= 4 is 34.6 Å². The number of amides is 3. The van der Waals surface area contributed by atoms with Crippen molar-refractivity contribution < 1.29 is 33.8 Å². The van der Waals surface area contributed by atoms with Crippen molar-refractivity contribution in [3.05, 3.63) is 71.5 Å². The lowest BCUT2D eigenvalue weighted by Crippen LogP contribution is -2.62. The average molecular weight is 864 g/mol. The molecule has 4 aromatic rings. The van der Waals surface area contributed by atoms with E-state index >= 15 is 0 Å². The fraction of sp³-hybridized carbons (Fsp3) is 0.531. The highest BCUT2D eigenvalue weighted by atomic mass is 16.5. The number of methoxy groups -OCH3 is 1. The number of aromatic nitrogens is 2. The van der Waals surface area contributed by atoms with Gasteiger partial charge in [-0.15, -0.1) is 0 Å². The molecule has 0 spiro atoms. The van der Waals surface area contributed by atoms with Crippen molar-refractivity contribution in [3.8, 4) is 28.1 Å². The molecule has 2 aromatic heterocycles. The number of nitrogens with one attached hydrogen (secondary N) is 3. The van der Waals surface area contributed by atoms with Crippen LogP contribution in [0.3, 0.4) is 0 Å². The van der Waals surface area contributed by atoms with Crippen molar-refractivity contribution in [2.24, 2.45) is 23.2 Å². The van der Waals surface area contributed by atoms with E-state index in [4.69, 9.17) is 14.5 Å². The first-order valence-corrected chi connectivity index (χ1v) is 22.5.